The highest BCUT2D eigenvalue weighted by molar-refractivity contribution is 7.92. The van der Waals surface area contributed by atoms with Crippen molar-refractivity contribution < 1.29 is 27.4 Å². The zero-order valence-electron chi connectivity index (χ0n) is 17.1. The number of nitrogens with zero attached hydrogens (tertiary/aromatic N) is 2. The highest BCUT2D eigenvalue weighted by Gasteiger charge is 2.36. The Kier molecular flexibility index (Phi) is 6.33. The van der Waals surface area contributed by atoms with Crippen LogP contribution in [-0.2, 0) is 21.4 Å². The highest BCUT2D eigenvalue weighted by Crippen LogP contribution is 2.37. The molecule has 0 fully saturated rings. The van der Waals surface area contributed by atoms with E-state index in [1.54, 1.807) is 38.4 Å². The molecule has 10 heteroatoms. The second kappa shape index (κ2) is 8.61. The summed E-state index contributed by atoms with van der Waals surface area (Å²) < 4.78 is 42.1. The van der Waals surface area contributed by atoms with Crippen molar-refractivity contribution >= 4 is 33.2 Å². The van der Waals surface area contributed by atoms with Crippen LogP contribution in [0, 0.1) is 0 Å². The van der Waals surface area contributed by atoms with Gasteiger partial charge in [-0.3, -0.25) is 9.10 Å². The van der Waals surface area contributed by atoms with E-state index in [0.29, 0.717) is 22.2 Å². The molecular weight excluding hydrogens is 432 g/mol. The highest BCUT2D eigenvalue weighted by atomic mass is 35.5. The molecule has 0 aliphatic carbocycles. The van der Waals surface area contributed by atoms with Gasteiger partial charge in [0.05, 0.1) is 32.7 Å². The summed E-state index contributed by atoms with van der Waals surface area (Å²) in [6, 6.07) is 10.0. The van der Waals surface area contributed by atoms with Gasteiger partial charge in [-0.2, -0.15) is 0 Å². The van der Waals surface area contributed by atoms with E-state index in [1.165, 1.54) is 18.1 Å². The van der Waals surface area contributed by atoms with Crippen molar-refractivity contribution in [2.24, 2.45) is 0 Å². The molecule has 2 aromatic rings. The zero-order chi connectivity index (χ0) is 22.1. The molecule has 1 aliphatic heterocycles. The number of hydrogen-bond donors (Lipinski definition) is 0. The predicted octanol–water partition coefficient (Wildman–Crippen LogP) is 2.54. The number of carbonyl (C=O) groups excluding carboxylic acids is 1. The van der Waals surface area contributed by atoms with Crippen molar-refractivity contribution in [3.8, 4) is 17.2 Å². The number of sulfonamides is 1. The Hall–Kier alpha value is -2.65. The molecule has 3 rings (SSSR count). The van der Waals surface area contributed by atoms with Crippen LogP contribution >= 0.6 is 11.6 Å². The second-order valence-corrected chi connectivity index (χ2v) is 9.24. The fourth-order valence-corrected chi connectivity index (χ4v) is 4.32. The number of halogens is 1. The van der Waals surface area contributed by atoms with E-state index >= 15 is 0 Å². The average molecular weight is 455 g/mol. The molecule has 2 aromatic carbocycles. The fourth-order valence-electron chi connectivity index (χ4n) is 3.24. The normalized spacial score (nSPS) is 15.8. The first kappa shape index (κ1) is 22.0. The molecule has 0 bridgehead atoms. The number of carbonyl (C=O) groups is 1. The van der Waals surface area contributed by atoms with Crippen molar-refractivity contribution in [1.29, 1.82) is 0 Å². The monoisotopic (exact) mass is 454 g/mol. The van der Waals surface area contributed by atoms with Crippen LogP contribution in [0.25, 0.3) is 0 Å². The topological polar surface area (TPSA) is 85.4 Å². The van der Waals surface area contributed by atoms with Gasteiger partial charge in [0, 0.05) is 18.6 Å². The fraction of sp³-hybridized carbons (Fsp3) is 0.350. The Morgan fingerprint density at radius 3 is 2.53 bits per heavy atom. The summed E-state index contributed by atoms with van der Waals surface area (Å²) in [5, 5.41) is 0.376. The number of rotatable bonds is 6. The number of benzene rings is 2. The molecule has 1 aliphatic rings. The van der Waals surface area contributed by atoms with E-state index in [2.05, 4.69) is 0 Å². The SMILES string of the molecule is COc1ccc(CN(C)C(=O)[C@@H]2CN(S(C)(=O)=O)c3cc(Cl)ccc3O2)cc1OC. The maximum absolute atomic E-state index is 13.0. The smallest absolute Gasteiger partial charge is 0.265 e. The number of hydrogen-bond acceptors (Lipinski definition) is 6. The number of likely N-dealkylation sites (N-methyl/N-ethyl adjacent to an activating group) is 1. The van der Waals surface area contributed by atoms with Crippen LogP contribution in [0.4, 0.5) is 5.69 Å². The van der Waals surface area contributed by atoms with Gasteiger partial charge in [-0.25, -0.2) is 8.42 Å². The van der Waals surface area contributed by atoms with Crippen LogP contribution in [0.5, 0.6) is 17.2 Å². The predicted molar refractivity (Wildman–Crippen MR) is 114 cm³/mol. The maximum atomic E-state index is 13.0. The molecule has 0 saturated heterocycles. The summed E-state index contributed by atoms with van der Waals surface area (Å²) in [6.07, 6.45) is 0.0938. The molecule has 30 heavy (non-hydrogen) atoms. The second-order valence-electron chi connectivity index (χ2n) is 6.90. The first-order valence-electron chi connectivity index (χ1n) is 9.04. The van der Waals surface area contributed by atoms with E-state index in [9.17, 15) is 13.2 Å². The van der Waals surface area contributed by atoms with Crippen LogP contribution < -0.4 is 18.5 Å². The van der Waals surface area contributed by atoms with E-state index in [1.807, 2.05) is 6.07 Å². The lowest BCUT2D eigenvalue weighted by molar-refractivity contribution is -0.137. The number of ether oxygens (including phenoxy) is 3. The van der Waals surface area contributed by atoms with Gasteiger partial charge in [-0.15, -0.1) is 0 Å². The third-order valence-corrected chi connectivity index (χ3v) is 6.09. The third kappa shape index (κ3) is 4.57. The van der Waals surface area contributed by atoms with E-state index in [0.717, 1.165) is 16.1 Å². The molecule has 0 aromatic heterocycles. The maximum Gasteiger partial charge on any atom is 0.265 e. The van der Waals surface area contributed by atoms with Crippen LogP contribution in [0.2, 0.25) is 5.02 Å². The minimum absolute atomic E-state index is 0.138. The van der Waals surface area contributed by atoms with Crippen molar-refractivity contribution in [3.63, 3.8) is 0 Å². The summed E-state index contributed by atoms with van der Waals surface area (Å²) in [7, 11) is 1.08. The Morgan fingerprint density at radius 2 is 1.90 bits per heavy atom. The van der Waals surface area contributed by atoms with Crippen LogP contribution in [0.15, 0.2) is 36.4 Å². The van der Waals surface area contributed by atoms with Gasteiger partial charge < -0.3 is 19.1 Å². The van der Waals surface area contributed by atoms with E-state index in [4.69, 9.17) is 25.8 Å². The molecular formula is C20H23ClN2O6S. The van der Waals surface area contributed by atoms with Gasteiger partial charge in [0.2, 0.25) is 10.0 Å². The Labute approximate surface area is 180 Å². The minimum atomic E-state index is -3.63. The molecule has 1 heterocycles. The van der Waals surface area contributed by atoms with E-state index in [-0.39, 0.29) is 24.7 Å². The average Bonchev–Trinajstić information content (AvgIpc) is 2.71. The summed E-state index contributed by atoms with van der Waals surface area (Å²) in [5.74, 6) is 1.08. The summed E-state index contributed by atoms with van der Waals surface area (Å²) in [6.45, 7) is 0.146. The molecule has 162 valence electrons. The lowest BCUT2D eigenvalue weighted by Gasteiger charge is -2.35. The molecule has 0 unspecified atom stereocenters. The van der Waals surface area contributed by atoms with Crippen LogP contribution in [0.3, 0.4) is 0 Å². The Morgan fingerprint density at radius 1 is 1.20 bits per heavy atom. The zero-order valence-corrected chi connectivity index (χ0v) is 18.7. The summed E-state index contributed by atoms with van der Waals surface area (Å²) in [5.41, 5.74) is 1.14. The Bertz CT molecular complexity index is 1060. The van der Waals surface area contributed by atoms with Gasteiger partial charge in [-0.1, -0.05) is 17.7 Å². The minimum Gasteiger partial charge on any atom is -0.493 e. The van der Waals surface area contributed by atoms with Gasteiger partial charge >= 0.3 is 0 Å². The number of methoxy groups -OCH3 is 2. The molecule has 1 atom stereocenters. The van der Waals surface area contributed by atoms with Crippen molar-refractivity contribution in [1.82, 2.24) is 4.90 Å². The third-order valence-electron chi connectivity index (χ3n) is 4.71. The van der Waals surface area contributed by atoms with Crippen LogP contribution in [0.1, 0.15) is 5.56 Å². The van der Waals surface area contributed by atoms with Gasteiger partial charge in [0.25, 0.3) is 5.91 Å². The van der Waals surface area contributed by atoms with Crippen molar-refractivity contribution in [2.45, 2.75) is 12.6 Å². The molecule has 8 nitrogen and oxygen atoms in total. The van der Waals surface area contributed by atoms with Gasteiger partial charge in [0.15, 0.2) is 17.6 Å². The first-order chi connectivity index (χ1) is 14.1. The lowest BCUT2D eigenvalue weighted by atomic mass is 10.1. The molecule has 1 amide bonds. The molecule has 0 spiro atoms. The van der Waals surface area contributed by atoms with Crippen molar-refractivity contribution in [3.05, 3.63) is 47.0 Å². The summed E-state index contributed by atoms with van der Waals surface area (Å²) >= 11 is 6.01. The molecule has 0 N–H and O–H groups in total. The molecule has 0 radical (unpaired) electrons. The van der Waals surface area contributed by atoms with Gasteiger partial charge in [-0.05, 0) is 35.9 Å². The number of amides is 1. The first-order valence-corrected chi connectivity index (χ1v) is 11.3. The Balaban J connectivity index is 1.82. The summed E-state index contributed by atoms with van der Waals surface area (Å²) in [4.78, 5) is 14.5. The van der Waals surface area contributed by atoms with Crippen LogP contribution in [-0.4, -0.2) is 59.4 Å². The van der Waals surface area contributed by atoms with E-state index < -0.39 is 16.1 Å². The largest absolute Gasteiger partial charge is 0.493 e. The number of anilines is 1. The lowest BCUT2D eigenvalue weighted by Crippen LogP contribution is -2.50. The number of fused-ring (bicyclic) bond motifs is 1. The standard InChI is InChI=1S/C20H23ClN2O6S/c1-22(11-13-5-7-17(27-2)18(9-13)28-3)20(24)19-12-23(30(4,25)26)15-10-14(21)6-8-16(15)29-19/h5-10,19H,11-12H2,1-4H3/t19-/m0/s1. The quantitative estimate of drug-likeness (QED) is 0.666. The van der Waals surface area contributed by atoms with Crippen molar-refractivity contribution in [2.75, 3.05) is 38.4 Å². The molecule has 0 saturated carbocycles. The van der Waals surface area contributed by atoms with Gasteiger partial charge in [0.1, 0.15) is 5.75 Å².